The van der Waals surface area contributed by atoms with E-state index in [9.17, 15) is 13.9 Å². The summed E-state index contributed by atoms with van der Waals surface area (Å²) in [6.45, 7) is 0. The van der Waals surface area contributed by atoms with E-state index in [1.165, 1.54) is 6.07 Å². The van der Waals surface area contributed by atoms with Gasteiger partial charge in [0.25, 0.3) is 0 Å². The Morgan fingerprint density at radius 2 is 1.75 bits per heavy atom. The van der Waals surface area contributed by atoms with Gasteiger partial charge in [0.05, 0.1) is 0 Å². The van der Waals surface area contributed by atoms with Gasteiger partial charge in [-0.05, 0) is 22.8 Å². The van der Waals surface area contributed by atoms with Gasteiger partial charge in [0.15, 0.2) is 17.7 Å². The summed E-state index contributed by atoms with van der Waals surface area (Å²) < 4.78 is 27.6. The van der Waals surface area contributed by atoms with Gasteiger partial charge in [-0.15, -0.1) is 0 Å². The molecule has 2 aromatic rings. The predicted molar refractivity (Wildman–Crippen MR) is 56.5 cm³/mol. The Morgan fingerprint density at radius 1 is 1.00 bits per heavy atom. The van der Waals surface area contributed by atoms with Crippen molar-refractivity contribution in [1.29, 1.82) is 0 Å². The monoisotopic (exact) mass is 218 g/mol. The van der Waals surface area contributed by atoms with Crippen LogP contribution in [0.2, 0.25) is 0 Å². The number of rotatable bonds is 0. The summed E-state index contributed by atoms with van der Waals surface area (Å²) in [5.74, 6) is -1.37. The minimum absolute atomic E-state index is 0.0544. The molecule has 0 aromatic heterocycles. The third kappa shape index (κ3) is 1.03. The smallest absolute Gasteiger partial charge is 0.171 e. The van der Waals surface area contributed by atoms with E-state index >= 15 is 0 Å². The van der Waals surface area contributed by atoms with Crippen molar-refractivity contribution in [3.63, 3.8) is 0 Å². The van der Waals surface area contributed by atoms with Gasteiger partial charge in [0, 0.05) is 5.56 Å². The molecule has 0 spiro atoms. The second-order valence-corrected chi connectivity index (χ2v) is 3.81. The molecule has 0 saturated heterocycles. The molecule has 2 aromatic carbocycles. The van der Waals surface area contributed by atoms with Crippen molar-refractivity contribution < 1.29 is 13.9 Å². The molecule has 0 aliphatic heterocycles. The van der Waals surface area contributed by atoms with E-state index < -0.39 is 17.7 Å². The molecule has 1 aliphatic rings. The average molecular weight is 218 g/mol. The van der Waals surface area contributed by atoms with Gasteiger partial charge >= 0.3 is 0 Å². The first-order chi connectivity index (χ1) is 7.70. The zero-order valence-corrected chi connectivity index (χ0v) is 8.24. The van der Waals surface area contributed by atoms with Crippen LogP contribution in [0.25, 0.3) is 11.1 Å². The zero-order valence-electron chi connectivity index (χ0n) is 8.24. The van der Waals surface area contributed by atoms with Crippen molar-refractivity contribution >= 4 is 0 Å². The van der Waals surface area contributed by atoms with E-state index in [0.29, 0.717) is 16.7 Å². The van der Waals surface area contributed by atoms with Gasteiger partial charge < -0.3 is 5.11 Å². The van der Waals surface area contributed by atoms with Crippen molar-refractivity contribution in [2.45, 2.75) is 6.17 Å². The first-order valence-corrected chi connectivity index (χ1v) is 4.95. The summed E-state index contributed by atoms with van der Waals surface area (Å²) in [6, 6.07) is 9.69. The Labute approximate surface area is 91.0 Å². The zero-order chi connectivity index (χ0) is 11.3. The summed E-state index contributed by atoms with van der Waals surface area (Å²) in [7, 11) is 0. The molecule has 80 valence electrons. The van der Waals surface area contributed by atoms with E-state index in [-0.39, 0.29) is 5.56 Å². The average Bonchev–Trinajstić information content (AvgIpc) is 2.59. The predicted octanol–water partition coefficient (Wildman–Crippen LogP) is 3.57. The number of benzene rings is 2. The molecule has 0 saturated carbocycles. The summed E-state index contributed by atoms with van der Waals surface area (Å²) in [6.07, 6.45) is -1.49. The first-order valence-electron chi connectivity index (χ1n) is 4.95. The van der Waals surface area contributed by atoms with Crippen LogP contribution in [0.3, 0.4) is 0 Å². The maximum absolute atomic E-state index is 14.0. The van der Waals surface area contributed by atoms with E-state index in [0.717, 1.165) is 0 Å². The van der Waals surface area contributed by atoms with Crippen LogP contribution in [0.5, 0.6) is 5.75 Å². The van der Waals surface area contributed by atoms with E-state index in [4.69, 9.17) is 0 Å². The highest BCUT2D eigenvalue weighted by molar-refractivity contribution is 5.79. The lowest BCUT2D eigenvalue weighted by atomic mass is 10.1. The minimum Gasteiger partial charge on any atom is -0.505 e. The van der Waals surface area contributed by atoms with Crippen molar-refractivity contribution in [3.8, 4) is 16.9 Å². The normalized spacial score (nSPS) is 17.0. The highest BCUT2D eigenvalue weighted by Gasteiger charge is 2.32. The molecule has 3 rings (SSSR count). The van der Waals surface area contributed by atoms with E-state index in [2.05, 4.69) is 0 Å². The standard InChI is InChI=1S/C13H8F2O/c14-12-9-4-2-1-3-7(9)8-5-6-10(16)13(15)11(8)12/h1-6,12,16H. The van der Waals surface area contributed by atoms with Crippen LogP contribution in [-0.2, 0) is 0 Å². The van der Waals surface area contributed by atoms with Crippen LogP contribution in [0.15, 0.2) is 36.4 Å². The quantitative estimate of drug-likeness (QED) is 0.716. The number of halogens is 2. The molecule has 1 aliphatic carbocycles. The lowest BCUT2D eigenvalue weighted by Crippen LogP contribution is -1.92. The molecule has 1 atom stereocenters. The Bertz CT molecular complexity index is 578. The minimum atomic E-state index is -1.49. The third-order valence-corrected chi connectivity index (χ3v) is 2.94. The Balaban J connectivity index is 2.37. The lowest BCUT2D eigenvalue weighted by molar-refractivity contribution is 0.379. The maximum atomic E-state index is 14.0. The Kier molecular flexibility index (Phi) is 1.78. The van der Waals surface area contributed by atoms with E-state index in [1.54, 1.807) is 30.3 Å². The number of phenolic OH excluding ortho intramolecular Hbond substituents is 1. The molecule has 0 heterocycles. The summed E-state index contributed by atoms with van der Waals surface area (Å²) in [4.78, 5) is 0. The molecule has 16 heavy (non-hydrogen) atoms. The SMILES string of the molecule is Oc1ccc2c(c1F)C(F)c1ccccc1-2. The molecule has 0 fully saturated rings. The van der Waals surface area contributed by atoms with Crippen LogP contribution in [0.4, 0.5) is 8.78 Å². The van der Waals surface area contributed by atoms with Crippen molar-refractivity contribution in [1.82, 2.24) is 0 Å². The highest BCUT2D eigenvalue weighted by atomic mass is 19.1. The molecule has 0 radical (unpaired) electrons. The number of hydrogen-bond acceptors (Lipinski definition) is 1. The lowest BCUT2D eigenvalue weighted by Gasteiger charge is -2.05. The van der Waals surface area contributed by atoms with Gasteiger partial charge in [-0.2, -0.15) is 0 Å². The van der Waals surface area contributed by atoms with Crippen LogP contribution >= 0.6 is 0 Å². The summed E-state index contributed by atoms with van der Waals surface area (Å²) >= 11 is 0. The van der Waals surface area contributed by atoms with Gasteiger partial charge in [-0.25, -0.2) is 8.78 Å². The van der Waals surface area contributed by atoms with Gasteiger partial charge in [0.1, 0.15) is 0 Å². The molecule has 1 nitrogen and oxygen atoms in total. The fourth-order valence-corrected chi connectivity index (χ4v) is 2.18. The summed E-state index contributed by atoms with van der Waals surface area (Å²) in [5.41, 5.74) is 1.63. The molecular formula is C13H8F2O. The Hall–Kier alpha value is -1.90. The molecule has 1 unspecified atom stereocenters. The van der Waals surface area contributed by atoms with Crippen LogP contribution in [0, 0.1) is 5.82 Å². The third-order valence-electron chi connectivity index (χ3n) is 2.94. The van der Waals surface area contributed by atoms with E-state index in [1.807, 2.05) is 0 Å². The first kappa shape index (κ1) is 9.33. The number of phenols is 1. The fraction of sp³-hybridized carbons (Fsp3) is 0.0769. The fourth-order valence-electron chi connectivity index (χ4n) is 2.18. The largest absolute Gasteiger partial charge is 0.505 e. The van der Waals surface area contributed by atoms with Gasteiger partial charge in [-0.1, -0.05) is 30.3 Å². The highest BCUT2D eigenvalue weighted by Crippen LogP contribution is 2.47. The second-order valence-electron chi connectivity index (χ2n) is 3.81. The number of fused-ring (bicyclic) bond motifs is 3. The topological polar surface area (TPSA) is 20.2 Å². The molecule has 3 heteroatoms. The van der Waals surface area contributed by atoms with Crippen LogP contribution in [0.1, 0.15) is 17.3 Å². The molecule has 1 N–H and O–H groups in total. The van der Waals surface area contributed by atoms with Crippen LogP contribution < -0.4 is 0 Å². The van der Waals surface area contributed by atoms with Crippen molar-refractivity contribution in [2.75, 3.05) is 0 Å². The van der Waals surface area contributed by atoms with Crippen molar-refractivity contribution in [2.24, 2.45) is 0 Å². The number of alkyl halides is 1. The Morgan fingerprint density at radius 3 is 2.56 bits per heavy atom. The van der Waals surface area contributed by atoms with Crippen LogP contribution in [-0.4, -0.2) is 5.11 Å². The molecular weight excluding hydrogens is 210 g/mol. The molecule has 0 amide bonds. The number of hydrogen-bond donors (Lipinski definition) is 1. The second kappa shape index (κ2) is 3.04. The molecule has 0 bridgehead atoms. The van der Waals surface area contributed by atoms with Gasteiger partial charge in [0.2, 0.25) is 0 Å². The summed E-state index contributed by atoms with van der Waals surface area (Å²) in [5, 5.41) is 9.24. The van der Waals surface area contributed by atoms with Gasteiger partial charge in [-0.3, -0.25) is 0 Å². The maximum Gasteiger partial charge on any atom is 0.171 e. The number of aromatic hydroxyl groups is 1. The van der Waals surface area contributed by atoms with Crippen molar-refractivity contribution in [3.05, 3.63) is 53.3 Å².